The van der Waals surface area contributed by atoms with Gasteiger partial charge in [-0.3, -0.25) is 4.79 Å². The van der Waals surface area contributed by atoms with E-state index in [0.717, 1.165) is 5.92 Å². The number of carbonyl (C=O) groups is 1. The normalized spacial score (nSPS) is 15.5. The Morgan fingerprint density at radius 3 is 2.26 bits per heavy atom. The molecule has 0 unspecified atom stereocenters. The molecule has 1 aromatic carbocycles. The van der Waals surface area contributed by atoms with Crippen molar-refractivity contribution in [2.75, 3.05) is 0 Å². The summed E-state index contributed by atoms with van der Waals surface area (Å²) in [4.78, 5) is 10.2. The molecule has 1 aliphatic rings. The van der Waals surface area contributed by atoms with Crippen LogP contribution in [-0.2, 0) is 4.79 Å². The first-order valence-corrected chi connectivity index (χ1v) is 8.23. The van der Waals surface area contributed by atoms with Crippen LogP contribution in [0.3, 0.4) is 0 Å². The van der Waals surface area contributed by atoms with Gasteiger partial charge in [0.05, 0.1) is 0 Å². The Balaban J connectivity index is 0.000000258. The summed E-state index contributed by atoms with van der Waals surface area (Å²) >= 11 is 3.53. The average molecular weight is 325 g/mol. The molecule has 0 N–H and O–H groups in total. The molecular formula is C17H25BrO. The Morgan fingerprint density at radius 1 is 1.16 bits per heavy atom. The van der Waals surface area contributed by atoms with Gasteiger partial charge in [0.2, 0.25) is 0 Å². The van der Waals surface area contributed by atoms with Crippen LogP contribution in [0.15, 0.2) is 28.7 Å². The second-order valence-corrected chi connectivity index (χ2v) is 6.05. The van der Waals surface area contributed by atoms with Crippen LogP contribution in [0, 0.1) is 0 Å². The molecule has 0 atom stereocenters. The quantitative estimate of drug-likeness (QED) is 0.679. The third kappa shape index (κ3) is 6.38. The third-order valence-corrected chi connectivity index (χ3v) is 4.21. The minimum atomic E-state index is 0.343. The lowest BCUT2D eigenvalue weighted by atomic mass is 9.84. The number of halogens is 1. The maximum atomic E-state index is 10.2. The SMILES string of the molecule is Brc1cccc(C2CCCCC2)c1.CCC(=O)CC. The van der Waals surface area contributed by atoms with E-state index < -0.39 is 0 Å². The largest absolute Gasteiger partial charge is 0.300 e. The third-order valence-electron chi connectivity index (χ3n) is 3.71. The summed E-state index contributed by atoms with van der Waals surface area (Å²) in [5, 5.41) is 0. The van der Waals surface area contributed by atoms with Crippen LogP contribution < -0.4 is 0 Å². The molecule has 0 bridgehead atoms. The number of benzene rings is 1. The Bertz CT molecular complexity index is 375. The number of rotatable bonds is 3. The topological polar surface area (TPSA) is 17.1 Å². The van der Waals surface area contributed by atoms with Crippen molar-refractivity contribution in [3.63, 3.8) is 0 Å². The van der Waals surface area contributed by atoms with E-state index in [2.05, 4.69) is 40.2 Å². The summed E-state index contributed by atoms with van der Waals surface area (Å²) in [7, 11) is 0. The molecular weight excluding hydrogens is 300 g/mol. The molecule has 2 rings (SSSR count). The predicted molar refractivity (Wildman–Crippen MR) is 85.6 cm³/mol. The van der Waals surface area contributed by atoms with Crippen molar-refractivity contribution in [2.24, 2.45) is 0 Å². The van der Waals surface area contributed by atoms with E-state index in [1.807, 2.05) is 13.8 Å². The molecule has 19 heavy (non-hydrogen) atoms. The van der Waals surface area contributed by atoms with Crippen LogP contribution >= 0.6 is 15.9 Å². The van der Waals surface area contributed by atoms with Crippen molar-refractivity contribution in [1.29, 1.82) is 0 Å². The van der Waals surface area contributed by atoms with Gasteiger partial charge in [0.1, 0.15) is 5.78 Å². The number of carbonyl (C=O) groups excluding carboxylic acids is 1. The van der Waals surface area contributed by atoms with Gasteiger partial charge in [-0.1, -0.05) is 61.2 Å². The van der Waals surface area contributed by atoms with E-state index in [4.69, 9.17) is 0 Å². The maximum Gasteiger partial charge on any atom is 0.132 e. The summed E-state index contributed by atoms with van der Waals surface area (Å²) in [6.07, 6.45) is 8.42. The first-order chi connectivity index (χ1) is 9.17. The summed E-state index contributed by atoms with van der Waals surface area (Å²) in [5.74, 6) is 1.17. The summed E-state index contributed by atoms with van der Waals surface area (Å²) < 4.78 is 1.22. The predicted octanol–water partition coefficient (Wildman–Crippen LogP) is 5.87. The van der Waals surface area contributed by atoms with Crippen molar-refractivity contribution in [3.05, 3.63) is 34.3 Å². The van der Waals surface area contributed by atoms with Gasteiger partial charge in [-0.15, -0.1) is 0 Å². The number of ketones is 1. The molecule has 0 radical (unpaired) electrons. The molecule has 1 nitrogen and oxygen atoms in total. The molecule has 0 aromatic heterocycles. The molecule has 1 aromatic rings. The molecule has 0 spiro atoms. The molecule has 106 valence electrons. The highest BCUT2D eigenvalue weighted by Gasteiger charge is 2.14. The number of hydrogen-bond acceptors (Lipinski definition) is 1. The van der Waals surface area contributed by atoms with Crippen LogP contribution in [0.2, 0.25) is 0 Å². The van der Waals surface area contributed by atoms with Crippen LogP contribution in [-0.4, -0.2) is 5.78 Å². The van der Waals surface area contributed by atoms with Gasteiger partial charge in [-0.2, -0.15) is 0 Å². The van der Waals surface area contributed by atoms with E-state index in [1.54, 1.807) is 0 Å². The highest BCUT2D eigenvalue weighted by Crippen LogP contribution is 2.33. The van der Waals surface area contributed by atoms with E-state index >= 15 is 0 Å². The summed E-state index contributed by atoms with van der Waals surface area (Å²) in [6.45, 7) is 3.76. The highest BCUT2D eigenvalue weighted by atomic mass is 79.9. The molecule has 0 aliphatic heterocycles. The minimum absolute atomic E-state index is 0.343. The Morgan fingerprint density at radius 2 is 1.79 bits per heavy atom. The van der Waals surface area contributed by atoms with Crippen molar-refractivity contribution in [1.82, 2.24) is 0 Å². The second kappa shape index (κ2) is 9.30. The molecule has 1 saturated carbocycles. The molecule has 0 amide bonds. The van der Waals surface area contributed by atoms with Crippen LogP contribution in [0.4, 0.5) is 0 Å². The highest BCUT2D eigenvalue weighted by molar-refractivity contribution is 9.10. The van der Waals surface area contributed by atoms with Gasteiger partial charge in [0.15, 0.2) is 0 Å². The van der Waals surface area contributed by atoms with E-state index in [0.29, 0.717) is 18.6 Å². The average Bonchev–Trinajstić information content (AvgIpc) is 2.48. The zero-order valence-corrected chi connectivity index (χ0v) is 13.7. The Labute approximate surface area is 125 Å². The van der Waals surface area contributed by atoms with E-state index in [1.165, 1.54) is 42.1 Å². The number of hydrogen-bond donors (Lipinski definition) is 0. The fourth-order valence-electron chi connectivity index (χ4n) is 2.45. The van der Waals surface area contributed by atoms with Gasteiger partial charge >= 0.3 is 0 Å². The zero-order chi connectivity index (χ0) is 14.1. The fraction of sp³-hybridized carbons (Fsp3) is 0.588. The lowest BCUT2D eigenvalue weighted by molar-refractivity contribution is -0.118. The molecule has 1 aliphatic carbocycles. The van der Waals surface area contributed by atoms with Crippen molar-refractivity contribution < 1.29 is 4.79 Å². The van der Waals surface area contributed by atoms with Gasteiger partial charge in [-0.05, 0) is 36.5 Å². The Kier molecular flexibility index (Phi) is 8.04. The van der Waals surface area contributed by atoms with Crippen LogP contribution in [0.1, 0.15) is 70.3 Å². The Hall–Kier alpha value is -0.630. The van der Waals surface area contributed by atoms with Crippen LogP contribution in [0.25, 0.3) is 0 Å². The lowest BCUT2D eigenvalue weighted by Gasteiger charge is -2.21. The lowest BCUT2D eigenvalue weighted by Crippen LogP contribution is -2.03. The monoisotopic (exact) mass is 324 g/mol. The van der Waals surface area contributed by atoms with Crippen molar-refractivity contribution >= 4 is 21.7 Å². The van der Waals surface area contributed by atoms with Gasteiger partial charge in [0, 0.05) is 17.3 Å². The van der Waals surface area contributed by atoms with E-state index in [-0.39, 0.29) is 0 Å². The number of Topliss-reactive ketones (excluding diaryl/α,β-unsaturated/α-hetero) is 1. The minimum Gasteiger partial charge on any atom is -0.300 e. The molecule has 1 fully saturated rings. The van der Waals surface area contributed by atoms with E-state index in [9.17, 15) is 4.79 Å². The van der Waals surface area contributed by atoms with Gasteiger partial charge < -0.3 is 0 Å². The smallest absolute Gasteiger partial charge is 0.132 e. The standard InChI is InChI=1S/C12H15Br.C5H10O/c13-12-8-4-7-11(9-12)10-5-2-1-3-6-10;1-3-5(6)4-2/h4,7-10H,1-3,5-6H2;3-4H2,1-2H3. The molecule has 0 saturated heterocycles. The van der Waals surface area contributed by atoms with Crippen molar-refractivity contribution in [3.8, 4) is 0 Å². The summed E-state index contributed by atoms with van der Waals surface area (Å²) in [5.41, 5.74) is 1.52. The second-order valence-electron chi connectivity index (χ2n) is 5.14. The first kappa shape index (κ1) is 16.4. The molecule has 2 heteroatoms. The fourth-order valence-corrected chi connectivity index (χ4v) is 2.86. The maximum absolute atomic E-state index is 10.2. The van der Waals surface area contributed by atoms with Crippen molar-refractivity contribution in [2.45, 2.75) is 64.7 Å². The zero-order valence-electron chi connectivity index (χ0n) is 12.1. The van der Waals surface area contributed by atoms with Gasteiger partial charge in [0.25, 0.3) is 0 Å². The van der Waals surface area contributed by atoms with Crippen LogP contribution in [0.5, 0.6) is 0 Å². The first-order valence-electron chi connectivity index (χ1n) is 7.44. The summed E-state index contributed by atoms with van der Waals surface area (Å²) in [6, 6.07) is 8.79. The van der Waals surface area contributed by atoms with Gasteiger partial charge in [-0.25, -0.2) is 0 Å². The molecule has 0 heterocycles.